The molecule has 0 aliphatic rings. The quantitative estimate of drug-likeness (QED) is 0.335. The van der Waals surface area contributed by atoms with Crippen LogP contribution in [0.25, 0.3) is 21.9 Å². The van der Waals surface area contributed by atoms with Crippen LogP contribution >= 0.6 is 38.5 Å². The van der Waals surface area contributed by atoms with Crippen LogP contribution in [0.2, 0.25) is 0 Å². The summed E-state index contributed by atoms with van der Waals surface area (Å²) < 4.78 is 2.40. The molecule has 0 unspecified atom stereocenters. The maximum absolute atomic E-state index is 3.60. The van der Waals surface area contributed by atoms with Gasteiger partial charge in [-0.1, -0.05) is 57.2 Å². The van der Waals surface area contributed by atoms with Crippen molar-refractivity contribution in [3.8, 4) is 11.1 Å². The van der Waals surface area contributed by atoms with Crippen LogP contribution in [0, 0.1) is 3.57 Å². The van der Waals surface area contributed by atoms with Gasteiger partial charge in [-0.05, 0) is 89.6 Å². The first kappa shape index (κ1) is 16.0. The third-order valence-electron chi connectivity index (χ3n) is 3.96. The summed E-state index contributed by atoms with van der Waals surface area (Å²) in [5.74, 6) is 0. The Morgan fingerprint density at radius 2 is 1.41 bits per heavy atom. The number of benzene rings is 3. The zero-order valence-electron chi connectivity index (χ0n) is 13.0. The van der Waals surface area contributed by atoms with E-state index in [2.05, 4.69) is 114 Å². The van der Waals surface area contributed by atoms with E-state index in [-0.39, 0.29) is 5.41 Å². The van der Waals surface area contributed by atoms with E-state index >= 15 is 0 Å². The molecule has 3 aromatic rings. The summed E-state index contributed by atoms with van der Waals surface area (Å²) in [4.78, 5) is 0. The molecule has 0 radical (unpaired) electrons. The molecule has 112 valence electrons. The van der Waals surface area contributed by atoms with E-state index in [1.165, 1.54) is 31.0 Å². The lowest BCUT2D eigenvalue weighted by molar-refractivity contribution is 0.590. The molecule has 3 aromatic carbocycles. The van der Waals surface area contributed by atoms with Crippen molar-refractivity contribution in [2.75, 3.05) is 0 Å². The number of hydrogen-bond donors (Lipinski definition) is 0. The molecule has 0 atom stereocenters. The Hall–Kier alpha value is -0.870. The van der Waals surface area contributed by atoms with Crippen LogP contribution in [0.5, 0.6) is 0 Å². The van der Waals surface area contributed by atoms with Crippen molar-refractivity contribution in [1.82, 2.24) is 0 Å². The Kier molecular flexibility index (Phi) is 4.34. The molecule has 0 aromatic heterocycles. The topological polar surface area (TPSA) is 0 Å². The van der Waals surface area contributed by atoms with Gasteiger partial charge in [0.1, 0.15) is 0 Å². The van der Waals surface area contributed by atoms with Gasteiger partial charge in [0.25, 0.3) is 0 Å². The highest BCUT2D eigenvalue weighted by Crippen LogP contribution is 2.31. The van der Waals surface area contributed by atoms with Gasteiger partial charge >= 0.3 is 0 Å². The van der Waals surface area contributed by atoms with Gasteiger partial charge in [-0.15, -0.1) is 0 Å². The number of rotatable bonds is 1. The summed E-state index contributed by atoms with van der Waals surface area (Å²) in [5, 5.41) is 2.55. The first-order valence-electron chi connectivity index (χ1n) is 7.34. The number of fused-ring (bicyclic) bond motifs is 1. The maximum atomic E-state index is 3.60. The van der Waals surface area contributed by atoms with Crippen molar-refractivity contribution in [3.63, 3.8) is 0 Å². The van der Waals surface area contributed by atoms with E-state index in [0.29, 0.717) is 0 Å². The van der Waals surface area contributed by atoms with Crippen molar-refractivity contribution in [2.24, 2.45) is 0 Å². The third-order valence-corrected chi connectivity index (χ3v) is 6.25. The highest BCUT2D eigenvalue weighted by molar-refractivity contribution is 14.1. The molecule has 0 spiro atoms. The second kappa shape index (κ2) is 5.97. The van der Waals surface area contributed by atoms with Crippen LogP contribution in [-0.2, 0) is 5.41 Å². The van der Waals surface area contributed by atoms with E-state index in [9.17, 15) is 0 Å². The van der Waals surface area contributed by atoms with Crippen molar-refractivity contribution in [3.05, 3.63) is 68.2 Å². The molecule has 0 bridgehead atoms. The molecule has 0 aliphatic heterocycles. The fourth-order valence-corrected chi connectivity index (χ4v) is 3.44. The van der Waals surface area contributed by atoms with E-state index in [0.717, 1.165) is 4.47 Å². The molecule has 0 fully saturated rings. The molecule has 0 nitrogen and oxygen atoms in total. The lowest BCUT2D eigenvalue weighted by atomic mass is 9.86. The summed E-state index contributed by atoms with van der Waals surface area (Å²) >= 11 is 5.96. The largest absolute Gasteiger partial charge is 0.0579 e. The smallest absolute Gasteiger partial charge is 0.0315 e. The molecule has 3 rings (SSSR count). The molecule has 0 saturated carbocycles. The van der Waals surface area contributed by atoms with Crippen LogP contribution in [-0.4, -0.2) is 0 Å². The molecule has 0 heterocycles. The van der Waals surface area contributed by atoms with Crippen LogP contribution in [0.3, 0.4) is 0 Å². The average molecular weight is 465 g/mol. The Bertz CT molecular complexity index is 827. The highest BCUT2D eigenvalue weighted by Gasteiger charge is 2.13. The lowest BCUT2D eigenvalue weighted by Crippen LogP contribution is -2.10. The summed E-state index contributed by atoms with van der Waals surface area (Å²) in [6.45, 7) is 6.74. The van der Waals surface area contributed by atoms with Crippen LogP contribution in [0.15, 0.2) is 59.1 Å². The third kappa shape index (κ3) is 3.23. The first-order valence-corrected chi connectivity index (χ1v) is 9.21. The number of hydrogen-bond acceptors (Lipinski definition) is 0. The summed E-state index contributed by atoms with van der Waals surface area (Å²) in [5.41, 5.74) is 4.11. The Morgan fingerprint density at radius 1 is 0.773 bits per heavy atom. The van der Waals surface area contributed by atoms with Gasteiger partial charge in [0.15, 0.2) is 0 Å². The van der Waals surface area contributed by atoms with E-state index in [1.54, 1.807) is 0 Å². The predicted molar refractivity (Wildman–Crippen MR) is 109 cm³/mol. The minimum atomic E-state index is 0.199. The zero-order valence-corrected chi connectivity index (χ0v) is 16.7. The van der Waals surface area contributed by atoms with Crippen molar-refractivity contribution >= 4 is 49.3 Å². The van der Waals surface area contributed by atoms with Gasteiger partial charge in [-0.2, -0.15) is 0 Å². The summed E-state index contributed by atoms with van der Waals surface area (Å²) in [6.07, 6.45) is 0. The van der Waals surface area contributed by atoms with Gasteiger partial charge < -0.3 is 0 Å². The summed E-state index contributed by atoms with van der Waals surface area (Å²) in [6, 6.07) is 20.0. The first-order chi connectivity index (χ1) is 10.3. The fraction of sp³-hybridized carbons (Fsp3) is 0.200. The Morgan fingerprint density at radius 3 is 2.05 bits per heavy atom. The minimum absolute atomic E-state index is 0.199. The van der Waals surface area contributed by atoms with Crippen LogP contribution in [0.1, 0.15) is 26.3 Å². The molecular formula is C20H18BrI. The van der Waals surface area contributed by atoms with E-state index in [1.807, 2.05) is 0 Å². The summed E-state index contributed by atoms with van der Waals surface area (Å²) in [7, 11) is 0. The predicted octanol–water partition coefficient (Wildman–Crippen LogP) is 7.17. The van der Waals surface area contributed by atoms with Crippen molar-refractivity contribution in [1.29, 1.82) is 0 Å². The molecule has 22 heavy (non-hydrogen) atoms. The average Bonchev–Trinajstić information content (AvgIpc) is 2.47. The van der Waals surface area contributed by atoms with Crippen molar-refractivity contribution < 1.29 is 0 Å². The normalized spacial score (nSPS) is 11.9. The maximum Gasteiger partial charge on any atom is 0.0315 e. The fourth-order valence-electron chi connectivity index (χ4n) is 2.58. The minimum Gasteiger partial charge on any atom is -0.0579 e. The second-order valence-corrected chi connectivity index (χ2v) is 8.67. The molecule has 0 amide bonds. The van der Waals surface area contributed by atoms with Gasteiger partial charge in [0.2, 0.25) is 0 Å². The van der Waals surface area contributed by atoms with E-state index in [4.69, 9.17) is 0 Å². The molecular weight excluding hydrogens is 447 g/mol. The van der Waals surface area contributed by atoms with Gasteiger partial charge in [-0.3, -0.25) is 0 Å². The Labute approximate surface area is 154 Å². The van der Waals surface area contributed by atoms with Gasteiger partial charge in [0.05, 0.1) is 0 Å². The van der Waals surface area contributed by atoms with Gasteiger partial charge in [0, 0.05) is 8.04 Å². The SMILES string of the molecule is CC(C)(C)c1ccc(-c2ccc3cc(Br)c(I)cc3c2)cc1. The molecule has 0 saturated heterocycles. The lowest BCUT2D eigenvalue weighted by Gasteiger charge is -2.19. The second-order valence-electron chi connectivity index (χ2n) is 6.66. The standard InChI is InChI=1S/C20H18BrI/c1-20(2,3)17-8-6-13(7-9-17)14-4-5-15-11-18(21)19(22)12-16(15)10-14/h4-12H,1-3H3. The Balaban J connectivity index is 2.05. The van der Waals surface area contributed by atoms with Gasteiger partial charge in [-0.25, -0.2) is 0 Å². The monoisotopic (exact) mass is 464 g/mol. The van der Waals surface area contributed by atoms with Crippen molar-refractivity contribution in [2.45, 2.75) is 26.2 Å². The van der Waals surface area contributed by atoms with E-state index < -0.39 is 0 Å². The highest BCUT2D eigenvalue weighted by atomic mass is 127. The van der Waals surface area contributed by atoms with Crippen LogP contribution in [0.4, 0.5) is 0 Å². The number of halogens is 2. The molecule has 0 N–H and O–H groups in total. The molecule has 2 heteroatoms. The zero-order chi connectivity index (χ0) is 15.9. The molecule has 0 aliphatic carbocycles. The van der Waals surface area contributed by atoms with Crippen LogP contribution < -0.4 is 0 Å².